The van der Waals surface area contributed by atoms with Crippen LogP contribution in [0.5, 0.6) is 0 Å². The molecule has 2 aromatic rings. The van der Waals surface area contributed by atoms with E-state index in [0.717, 1.165) is 30.2 Å². The fourth-order valence-corrected chi connectivity index (χ4v) is 2.45. The third-order valence-corrected chi connectivity index (χ3v) is 3.81. The van der Waals surface area contributed by atoms with Gasteiger partial charge in [-0.15, -0.1) is 0 Å². The van der Waals surface area contributed by atoms with Gasteiger partial charge in [0.1, 0.15) is 11.8 Å². The van der Waals surface area contributed by atoms with Crippen molar-refractivity contribution in [3.8, 4) is 0 Å². The smallest absolute Gasteiger partial charge is 0.255 e. The van der Waals surface area contributed by atoms with Crippen molar-refractivity contribution < 1.29 is 9.21 Å². The molecule has 0 spiro atoms. The van der Waals surface area contributed by atoms with Gasteiger partial charge in [0.2, 0.25) is 0 Å². The van der Waals surface area contributed by atoms with Crippen LogP contribution in [-0.2, 0) is 0 Å². The van der Waals surface area contributed by atoms with Gasteiger partial charge in [0.15, 0.2) is 0 Å². The summed E-state index contributed by atoms with van der Waals surface area (Å²) in [6.45, 7) is 0.495. The molecule has 1 aromatic heterocycles. The molecule has 4 nitrogen and oxygen atoms in total. The zero-order valence-electron chi connectivity index (χ0n) is 10.1. The molecule has 0 atom stereocenters. The average Bonchev–Trinajstić information content (AvgIpc) is 2.77. The fraction of sp³-hybridized carbons (Fsp3) is 0.357. The highest BCUT2D eigenvalue weighted by atomic mass is 16.3. The second-order valence-electron chi connectivity index (χ2n) is 4.94. The van der Waals surface area contributed by atoms with E-state index in [2.05, 4.69) is 5.32 Å². The minimum Gasteiger partial charge on any atom is -0.463 e. The first-order valence-electron chi connectivity index (χ1n) is 6.23. The van der Waals surface area contributed by atoms with Crippen LogP contribution >= 0.6 is 0 Å². The van der Waals surface area contributed by atoms with Crippen molar-refractivity contribution in [2.75, 3.05) is 6.54 Å². The molecule has 1 amide bonds. The Morgan fingerprint density at radius 2 is 2.17 bits per heavy atom. The van der Waals surface area contributed by atoms with E-state index in [0.29, 0.717) is 12.1 Å². The molecule has 0 unspecified atom stereocenters. The number of hydrogen-bond acceptors (Lipinski definition) is 3. The van der Waals surface area contributed by atoms with Crippen LogP contribution < -0.4 is 11.1 Å². The van der Waals surface area contributed by atoms with Crippen LogP contribution in [-0.4, -0.2) is 18.0 Å². The summed E-state index contributed by atoms with van der Waals surface area (Å²) in [4.78, 5) is 12.3. The van der Waals surface area contributed by atoms with Crippen molar-refractivity contribution in [2.45, 2.75) is 24.8 Å². The third kappa shape index (κ3) is 1.69. The van der Waals surface area contributed by atoms with Crippen molar-refractivity contribution in [1.82, 2.24) is 5.32 Å². The monoisotopic (exact) mass is 244 g/mol. The lowest BCUT2D eigenvalue weighted by atomic mass is 9.76. The van der Waals surface area contributed by atoms with Gasteiger partial charge in [0.25, 0.3) is 5.91 Å². The Hall–Kier alpha value is -1.81. The predicted molar refractivity (Wildman–Crippen MR) is 69.3 cm³/mol. The summed E-state index contributed by atoms with van der Waals surface area (Å²) in [5.74, 6) is -0.0925. The normalized spacial score (nSPS) is 17.4. The first kappa shape index (κ1) is 11.3. The molecular formula is C14H16N2O2. The summed E-state index contributed by atoms with van der Waals surface area (Å²) < 4.78 is 5.38. The number of rotatable bonds is 3. The molecule has 18 heavy (non-hydrogen) atoms. The standard InChI is InChI=1S/C14H16N2O2/c15-9-14(6-3-7-14)16-13(17)11-8-18-12-5-2-1-4-10(11)12/h1-2,4-5,8H,3,6-7,9,15H2,(H,16,17). The number of carbonyl (C=O) groups is 1. The Balaban J connectivity index is 1.88. The number of nitrogens with one attached hydrogen (secondary N) is 1. The van der Waals surface area contributed by atoms with Crippen molar-refractivity contribution in [1.29, 1.82) is 0 Å². The summed E-state index contributed by atoms with van der Waals surface area (Å²) in [5.41, 5.74) is 6.87. The molecule has 1 saturated carbocycles. The van der Waals surface area contributed by atoms with Gasteiger partial charge in [-0.3, -0.25) is 4.79 Å². The van der Waals surface area contributed by atoms with Crippen LogP contribution in [0.3, 0.4) is 0 Å². The Kier molecular flexibility index (Phi) is 2.59. The lowest BCUT2D eigenvalue weighted by Crippen LogP contribution is -2.58. The van der Waals surface area contributed by atoms with Crippen LogP contribution in [0.25, 0.3) is 11.0 Å². The van der Waals surface area contributed by atoms with E-state index in [1.165, 1.54) is 6.26 Å². The van der Waals surface area contributed by atoms with Crippen LogP contribution in [0, 0.1) is 0 Å². The summed E-state index contributed by atoms with van der Waals surface area (Å²) >= 11 is 0. The Morgan fingerprint density at radius 3 is 2.83 bits per heavy atom. The maximum atomic E-state index is 12.3. The second kappa shape index (κ2) is 4.14. The zero-order valence-corrected chi connectivity index (χ0v) is 10.1. The minimum absolute atomic E-state index is 0.0925. The maximum Gasteiger partial charge on any atom is 0.255 e. The predicted octanol–water partition coefficient (Wildman–Crippen LogP) is 2.04. The molecule has 0 radical (unpaired) electrons. The van der Waals surface area contributed by atoms with Gasteiger partial charge < -0.3 is 15.5 Å². The van der Waals surface area contributed by atoms with E-state index in [1.54, 1.807) is 0 Å². The SMILES string of the molecule is NCC1(NC(=O)c2coc3ccccc23)CCC1. The Labute approximate surface area is 105 Å². The molecule has 1 aliphatic rings. The highest BCUT2D eigenvalue weighted by molar-refractivity contribution is 6.06. The van der Waals surface area contributed by atoms with E-state index in [1.807, 2.05) is 24.3 Å². The number of hydrogen-bond donors (Lipinski definition) is 2. The van der Waals surface area contributed by atoms with E-state index in [9.17, 15) is 4.79 Å². The molecular weight excluding hydrogens is 228 g/mol. The van der Waals surface area contributed by atoms with Crippen molar-refractivity contribution in [2.24, 2.45) is 5.73 Å². The van der Waals surface area contributed by atoms with Gasteiger partial charge in [-0.2, -0.15) is 0 Å². The highest BCUT2D eigenvalue weighted by Crippen LogP contribution is 2.31. The molecule has 94 valence electrons. The van der Waals surface area contributed by atoms with Gasteiger partial charge in [0.05, 0.1) is 11.1 Å². The molecule has 1 heterocycles. The zero-order chi connectivity index (χ0) is 12.6. The lowest BCUT2D eigenvalue weighted by Gasteiger charge is -2.41. The number of furan rings is 1. The van der Waals surface area contributed by atoms with E-state index in [4.69, 9.17) is 10.2 Å². The van der Waals surface area contributed by atoms with Crippen LogP contribution in [0.1, 0.15) is 29.6 Å². The summed E-state index contributed by atoms with van der Waals surface area (Å²) in [6.07, 6.45) is 4.57. The summed E-state index contributed by atoms with van der Waals surface area (Å²) in [7, 11) is 0. The number of nitrogens with two attached hydrogens (primary N) is 1. The summed E-state index contributed by atoms with van der Waals surface area (Å²) in [6, 6.07) is 7.54. The maximum absolute atomic E-state index is 12.3. The molecule has 1 aromatic carbocycles. The number of fused-ring (bicyclic) bond motifs is 1. The van der Waals surface area contributed by atoms with Gasteiger partial charge in [-0.05, 0) is 25.3 Å². The Morgan fingerprint density at radius 1 is 1.39 bits per heavy atom. The van der Waals surface area contributed by atoms with Crippen molar-refractivity contribution >= 4 is 16.9 Å². The highest BCUT2D eigenvalue weighted by Gasteiger charge is 2.37. The van der Waals surface area contributed by atoms with Gasteiger partial charge in [-0.25, -0.2) is 0 Å². The third-order valence-electron chi connectivity index (χ3n) is 3.81. The fourth-order valence-electron chi connectivity index (χ4n) is 2.45. The second-order valence-corrected chi connectivity index (χ2v) is 4.94. The first-order chi connectivity index (χ1) is 8.74. The van der Waals surface area contributed by atoms with E-state index in [-0.39, 0.29) is 11.4 Å². The first-order valence-corrected chi connectivity index (χ1v) is 6.23. The number of amides is 1. The topological polar surface area (TPSA) is 68.3 Å². The molecule has 3 rings (SSSR count). The van der Waals surface area contributed by atoms with E-state index >= 15 is 0 Å². The van der Waals surface area contributed by atoms with Crippen LogP contribution in [0.2, 0.25) is 0 Å². The molecule has 0 saturated heterocycles. The molecule has 1 fully saturated rings. The van der Waals surface area contributed by atoms with Crippen molar-refractivity contribution in [3.05, 3.63) is 36.1 Å². The van der Waals surface area contributed by atoms with E-state index < -0.39 is 0 Å². The van der Waals surface area contributed by atoms with Gasteiger partial charge in [0, 0.05) is 11.9 Å². The number of carbonyl (C=O) groups excluding carboxylic acids is 1. The molecule has 1 aliphatic carbocycles. The quantitative estimate of drug-likeness (QED) is 0.868. The Bertz CT molecular complexity index is 579. The van der Waals surface area contributed by atoms with Crippen molar-refractivity contribution in [3.63, 3.8) is 0 Å². The molecule has 3 N–H and O–H groups in total. The largest absolute Gasteiger partial charge is 0.463 e. The summed E-state index contributed by atoms with van der Waals surface area (Å²) in [5, 5.41) is 3.90. The lowest BCUT2D eigenvalue weighted by molar-refractivity contribution is 0.0838. The number of benzene rings is 1. The average molecular weight is 244 g/mol. The minimum atomic E-state index is -0.199. The molecule has 0 bridgehead atoms. The molecule has 4 heteroatoms. The molecule has 0 aliphatic heterocycles. The van der Waals surface area contributed by atoms with Gasteiger partial charge >= 0.3 is 0 Å². The van der Waals surface area contributed by atoms with Crippen LogP contribution in [0.15, 0.2) is 34.9 Å². The van der Waals surface area contributed by atoms with Crippen LogP contribution in [0.4, 0.5) is 0 Å². The van der Waals surface area contributed by atoms with Gasteiger partial charge in [-0.1, -0.05) is 18.2 Å². The number of para-hydroxylation sites is 1.